The van der Waals surface area contributed by atoms with Crippen LogP contribution in [0.5, 0.6) is 0 Å². The molecule has 8 nitrogen and oxygen atoms in total. The van der Waals surface area contributed by atoms with E-state index in [2.05, 4.69) is 0 Å². The van der Waals surface area contributed by atoms with E-state index in [4.69, 9.17) is 21.3 Å². The van der Waals surface area contributed by atoms with Gasteiger partial charge in [0.2, 0.25) is 5.54 Å². The van der Waals surface area contributed by atoms with Gasteiger partial charge in [0, 0.05) is 6.26 Å². The number of carbonyl (C=O) groups is 2. The van der Waals surface area contributed by atoms with Gasteiger partial charge in [0.15, 0.2) is 9.84 Å². The van der Waals surface area contributed by atoms with Crippen molar-refractivity contribution < 1.29 is 27.9 Å². The second-order valence-electron chi connectivity index (χ2n) is 6.04. The van der Waals surface area contributed by atoms with Crippen molar-refractivity contribution in [1.29, 1.82) is 0 Å². The van der Waals surface area contributed by atoms with Gasteiger partial charge in [-0.25, -0.2) is 18.0 Å². The molecule has 0 aliphatic rings. The number of sulfone groups is 1. The van der Waals surface area contributed by atoms with Crippen molar-refractivity contribution in [3.8, 4) is 0 Å². The molecule has 0 amide bonds. The second-order valence-corrected chi connectivity index (χ2v) is 8.30. The Morgan fingerprint density at radius 1 is 1.29 bits per heavy atom. The lowest BCUT2D eigenvalue weighted by Crippen LogP contribution is -2.57. The number of carbonyl (C=O) groups excluding carboxylic acids is 1. The Kier molecular flexibility index (Phi) is 6.33. The molecule has 0 bridgehead atoms. The molecule has 0 radical (unpaired) electrons. The van der Waals surface area contributed by atoms with Gasteiger partial charge in [-0.05, 0) is 40.0 Å². The Balaban J connectivity index is 4.84. The summed E-state index contributed by atoms with van der Waals surface area (Å²) in [5, 5.41) is 8.03. The third-order valence-corrected chi connectivity index (χ3v) is 4.09. The zero-order valence-corrected chi connectivity index (χ0v) is 13.6. The van der Waals surface area contributed by atoms with Gasteiger partial charge < -0.3 is 21.3 Å². The summed E-state index contributed by atoms with van der Waals surface area (Å²) in [6.45, 7) is 4.77. The number of carboxylic acids is 1. The molecule has 2 atom stereocenters. The average molecular weight is 324 g/mol. The molecule has 0 aliphatic heterocycles. The minimum Gasteiger partial charge on any atom is -0.479 e. The maximum Gasteiger partial charge on any atom is 0.338 e. The molecule has 0 saturated carbocycles. The smallest absolute Gasteiger partial charge is 0.338 e. The van der Waals surface area contributed by atoms with Crippen LogP contribution >= 0.6 is 0 Å². The first-order chi connectivity index (χ1) is 9.20. The first-order valence-electron chi connectivity index (χ1n) is 6.40. The van der Waals surface area contributed by atoms with Gasteiger partial charge in [-0.2, -0.15) is 0 Å². The fourth-order valence-corrected chi connectivity index (χ4v) is 2.06. The third kappa shape index (κ3) is 6.40. The van der Waals surface area contributed by atoms with Crippen LogP contribution in [0.3, 0.4) is 0 Å². The molecule has 2 unspecified atom stereocenters. The highest BCUT2D eigenvalue weighted by Gasteiger charge is 2.45. The van der Waals surface area contributed by atoms with Crippen LogP contribution in [0.2, 0.25) is 0 Å². The van der Waals surface area contributed by atoms with E-state index in [1.54, 1.807) is 20.8 Å². The molecule has 124 valence electrons. The van der Waals surface area contributed by atoms with Crippen LogP contribution in [0.25, 0.3) is 0 Å². The number of hydrogen-bond acceptors (Lipinski definition) is 7. The molecule has 21 heavy (non-hydrogen) atoms. The summed E-state index contributed by atoms with van der Waals surface area (Å²) in [6, 6.07) is 0. The zero-order chi connectivity index (χ0) is 17.1. The van der Waals surface area contributed by atoms with Gasteiger partial charge in [0.25, 0.3) is 0 Å². The second kappa shape index (κ2) is 6.71. The summed E-state index contributed by atoms with van der Waals surface area (Å²) in [4.78, 5) is 23.2. The van der Waals surface area contributed by atoms with Gasteiger partial charge in [0.1, 0.15) is 11.0 Å². The molecular weight excluding hydrogens is 300 g/mol. The van der Waals surface area contributed by atoms with E-state index >= 15 is 0 Å². The fourth-order valence-electron chi connectivity index (χ4n) is 1.46. The van der Waals surface area contributed by atoms with E-state index in [0.29, 0.717) is 0 Å². The van der Waals surface area contributed by atoms with Crippen molar-refractivity contribution in [2.45, 2.75) is 56.5 Å². The number of carboxylic acid groups (broad SMARTS) is 1. The van der Waals surface area contributed by atoms with Crippen LogP contribution in [-0.2, 0) is 24.2 Å². The first kappa shape index (κ1) is 19.8. The highest BCUT2D eigenvalue weighted by molar-refractivity contribution is 7.91. The summed E-state index contributed by atoms with van der Waals surface area (Å²) in [5.41, 5.74) is 7.97. The normalized spacial score (nSPS) is 16.9. The third-order valence-electron chi connectivity index (χ3n) is 2.75. The molecule has 0 aromatic rings. The van der Waals surface area contributed by atoms with Crippen molar-refractivity contribution in [3.05, 3.63) is 0 Å². The van der Waals surface area contributed by atoms with Crippen LogP contribution in [0.4, 0.5) is 0 Å². The monoisotopic (exact) mass is 324 g/mol. The van der Waals surface area contributed by atoms with E-state index in [-0.39, 0.29) is 19.3 Å². The van der Waals surface area contributed by atoms with E-state index in [1.165, 1.54) is 0 Å². The highest BCUT2D eigenvalue weighted by Crippen LogP contribution is 2.19. The maximum atomic E-state index is 11.9. The van der Waals surface area contributed by atoms with Gasteiger partial charge in [-0.3, -0.25) is 0 Å². The summed E-state index contributed by atoms with van der Waals surface area (Å²) < 4.78 is 27.4. The zero-order valence-electron chi connectivity index (χ0n) is 12.8. The van der Waals surface area contributed by atoms with Crippen LogP contribution in [0, 0.1) is 0 Å². The molecule has 0 rings (SSSR count). The average Bonchev–Trinajstić information content (AvgIpc) is 2.24. The quantitative estimate of drug-likeness (QED) is 0.423. The van der Waals surface area contributed by atoms with Gasteiger partial charge >= 0.3 is 11.9 Å². The summed E-state index contributed by atoms with van der Waals surface area (Å²) in [7, 11) is -3.42. The van der Waals surface area contributed by atoms with Crippen LogP contribution in [0.15, 0.2) is 0 Å². The maximum absolute atomic E-state index is 11.9. The highest BCUT2D eigenvalue weighted by atomic mass is 32.2. The van der Waals surface area contributed by atoms with Crippen molar-refractivity contribution in [2.24, 2.45) is 11.5 Å². The largest absolute Gasteiger partial charge is 0.479 e. The number of esters is 1. The molecule has 0 fully saturated rings. The number of nitrogens with two attached hydrogens (primary N) is 2. The van der Waals surface area contributed by atoms with E-state index in [1.807, 2.05) is 0 Å². The standard InChI is InChI=1S/C12H24N2O6S/c1-11(2,3)20-10(17)12(14,9(15)16)7-5-6-8(13)21(4,18)19/h8H,5-7,13-14H2,1-4H3,(H,15,16). The van der Waals surface area contributed by atoms with Crippen molar-refractivity contribution in [2.75, 3.05) is 6.26 Å². The number of rotatable bonds is 7. The van der Waals surface area contributed by atoms with E-state index < -0.39 is 38.3 Å². The molecule has 0 spiro atoms. The van der Waals surface area contributed by atoms with Gasteiger partial charge in [-0.1, -0.05) is 0 Å². The number of aliphatic carboxylic acids is 1. The molecule has 0 aromatic carbocycles. The lowest BCUT2D eigenvalue weighted by atomic mass is 9.93. The minimum absolute atomic E-state index is 0.00780. The molecule has 5 N–H and O–H groups in total. The van der Waals surface area contributed by atoms with Crippen molar-refractivity contribution in [1.82, 2.24) is 0 Å². The van der Waals surface area contributed by atoms with Gasteiger partial charge in [0.05, 0.1) is 0 Å². The first-order valence-corrected chi connectivity index (χ1v) is 8.36. The van der Waals surface area contributed by atoms with Crippen molar-refractivity contribution >= 4 is 21.8 Å². The summed E-state index contributed by atoms with van der Waals surface area (Å²) in [5.74, 6) is -2.58. The number of hydrogen-bond donors (Lipinski definition) is 3. The Morgan fingerprint density at radius 2 is 1.76 bits per heavy atom. The van der Waals surface area contributed by atoms with E-state index in [9.17, 15) is 18.0 Å². The lowest BCUT2D eigenvalue weighted by molar-refractivity contribution is -0.169. The van der Waals surface area contributed by atoms with Crippen LogP contribution < -0.4 is 11.5 Å². The van der Waals surface area contributed by atoms with Gasteiger partial charge in [-0.15, -0.1) is 0 Å². The Labute approximate surface area is 124 Å². The predicted molar refractivity (Wildman–Crippen MR) is 77.1 cm³/mol. The Hall–Kier alpha value is -1.19. The Bertz CT molecular complexity index is 496. The molecule has 0 aromatic heterocycles. The molecule has 0 heterocycles. The van der Waals surface area contributed by atoms with Crippen LogP contribution in [-0.4, -0.2) is 48.2 Å². The summed E-state index contributed by atoms with van der Waals surface area (Å²) in [6.07, 6.45) is 0.795. The molecule has 0 aliphatic carbocycles. The molecule has 9 heteroatoms. The van der Waals surface area contributed by atoms with Crippen molar-refractivity contribution in [3.63, 3.8) is 0 Å². The minimum atomic E-state index is -3.42. The Morgan fingerprint density at radius 3 is 2.10 bits per heavy atom. The topological polar surface area (TPSA) is 150 Å². The molecule has 0 saturated heterocycles. The van der Waals surface area contributed by atoms with Crippen LogP contribution in [0.1, 0.15) is 40.0 Å². The summed E-state index contributed by atoms with van der Waals surface area (Å²) >= 11 is 0. The SMILES string of the molecule is CC(C)(C)OC(=O)C(N)(CCCC(N)S(C)(=O)=O)C(=O)O. The number of ether oxygens (including phenoxy) is 1. The van der Waals surface area contributed by atoms with E-state index in [0.717, 1.165) is 6.26 Å². The predicted octanol–water partition coefficient (Wildman–Crippen LogP) is -0.390. The fraction of sp³-hybridized carbons (Fsp3) is 0.833. The molecular formula is C12H24N2O6S. The lowest BCUT2D eigenvalue weighted by Gasteiger charge is -2.28.